The van der Waals surface area contributed by atoms with Gasteiger partial charge in [-0.25, -0.2) is 0 Å². The molecule has 2 aliphatic rings. The molecule has 198 valence electrons. The lowest BCUT2D eigenvalue weighted by molar-refractivity contribution is -0.289. The quantitative estimate of drug-likeness (QED) is 0.379. The van der Waals surface area contributed by atoms with Crippen LogP contribution in [0, 0.1) is 45.3 Å². The fraction of sp³-hybridized carbons (Fsp3) is 0.300. The molecular weight excluding hydrogens is 542 g/mol. The maximum Gasteiger partial charge on any atom is 0.458 e. The maximum absolute atomic E-state index is 15.0. The Balaban J connectivity index is 2.70. The van der Waals surface area contributed by atoms with Crippen LogP contribution in [0.5, 0.6) is 0 Å². The largest absolute Gasteiger partial charge is 0.458 e. The summed E-state index contributed by atoms with van der Waals surface area (Å²) in [6, 6.07) is 4.91. The van der Waals surface area contributed by atoms with Crippen LogP contribution >= 0.6 is 0 Å². The number of nitrogens with zero attached hydrogens (tertiary/aromatic N) is 6. The number of hydrogen-bond donors (Lipinski definition) is 2. The average Bonchev–Trinajstić information content (AvgIpc) is 3.30. The highest BCUT2D eigenvalue weighted by molar-refractivity contribution is 6.02. The number of halogens is 10. The summed E-state index contributed by atoms with van der Waals surface area (Å²) in [5.41, 5.74) is -12.8. The molecule has 0 atom stereocenters. The van der Waals surface area contributed by atoms with E-state index < -0.39 is 80.9 Å². The van der Waals surface area contributed by atoms with Gasteiger partial charge in [-0.2, -0.15) is 65.0 Å². The second kappa shape index (κ2) is 8.35. The molecule has 0 saturated heterocycles. The Labute approximate surface area is 205 Å². The van der Waals surface area contributed by atoms with Crippen molar-refractivity contribution in [3.05, 3.63) is 33.9 Å². The average molecular weight is 550 g/mol. The summed E-state index contributed by atoms with van der Waals surface area (Å²) in [7, 11) is 1.29. The predicted octanol–water partition coefficient (Wildman–Crippen LogP) is 5.24. The molecule has 2 aliphatic heterocycles. The van der Waals surface area contributed by atoms with E-state index >= 15 is 0 Å². The van der Waals surface area contributed by atoms with Gasteiger partial charge in [0.05, 0.1) is 33.9 Å². The van der Waals surface area contributed by atoms with Crippen molar-refractivity contribution in [1.29, 1.82) is 21.0 Å². The van der Waals surface area contributed by atoms with E-state index in [4.69, 9.17) is 21.0 Å². The number of nitriles is 4. The van der Waals surface area contributed by atoms with E-state index in [1.54, 1.807) is 10.6 Å². The minimum Gasteiger partial charge on any atom is -0.338 e. The van der Waals surface area contributed by atoms with Gasteiger partial charge in [0.1, 0.15) is 35.9 Å². The Morgan fingerprint density at radius 2 is 0.842 bits per heavy atom. The lowest BCUT2D eigenvalue weighted by Gasteiger charge is -2.30. The van der Waals surface area contributed by atoms with Gasteiger partial charge in [0, 0.05) is 14.1 Å². The normalized spacial score (nSPS) is 14.9. The van der Waals surface area contributed by atoms with Crippen LogP contribution in [0.2, 0.25) is 0 Å². The predicted molar refractivity (Wildman–Crippen MR) is 107 cm³/mol. The Morgan fingerprint density at radius 1 is 0.579 bits per heavy atom. The Hall–Kier alpha value is -4.84. The Morgan fingerprint density at radius 3 is 1.05 bits per heavy atom. The molecule has 0 aliphatic carbocycles. The van der Waals surface area contributed by atoms with Gasteiger partial charge in [-0.05, 0) is 0 Å². The van der Waals surface area contributed by atoms with Crippen LogP contribution in [0.4, 0.5) is 66.7 Å². The first kappa shape index (κ1) is 27.7. The van der Waals surface area contributed by atoms with E-state index in [9.17, 15) is 43.9 Å². The van der Waals surface area contributed by atoms with Gasteiger partial charge in [-0.3, -0.25) is 0 Å². The van der Waals surface area contributed by atoms with Crippen molar-refractivity contribution in [3.8, 4) is 24.3 Å². The molecule has 2 N–H and O–H groups in total. The minimum atomic E-state index is -6.44. The fourth-order valence-electron chi connectivity index (χ4n) is 3.88. The highest BCUT2D eigenvalue weighted by atomic mass is 19.4. The molecule has 0 spiro atoms. The first-order valence-corrected chi connectivity index (χ1v) is 9.57. The minimum absolute atomic E-state index is 0.223. The topological polar surface area (TPSA) is 126 Å². The number of anilines is 4. The SMILES string of the molecule is CN1C(=C(C#N)C#N)Nc2c1c(C(F)(F)C(F)(F)F)c1c(c2C(F)(F)C(F)(F)F)N(C)C(=C(C#N)C#N)N1. The van der Waals surface area contributed by atoms with Crippen molar-refractivity contribution in [2.75, 3.05) is 34.5 Å². The number of rotatable bonds is 2. The highest BCUT2D eigenvalue weighted by Crippen LogP contribution is 2.64. The van der Waals surface area contributed by atoms with E-state index in [2.05, 4.69) is 0 Å². The molecule has 0 aromatic heterocycles. The van der Waals surface area contributed by atoms with Gasteiger partial charge >= 0.3 is 24.2 Å². The van der Waals surface area contributed by atoms with Crippen molar-refractivity contribution in [3.63, 3.8) is 0 Å². The lowest BCUT2D eigenvalue weighted by Crippen LogP contribution is -2.37. The van der Waals surface area contributed by atoms with Crippen molar-refractivity contribution in [2.45, 2.75) is 24.2 Å². The molecule has 0 unspecified atom stereocenters. The first-order valence-electron chi connectivity index (χ1n) is 9.57. The molecule has 0 bridgehead atoms. The summed E-state index contributed by atoms with van der Waals surface area (Å²) in [6.45, 7) is 0. The zero-order chi connectivity index (χ0) is 29.2. The number of benzene rings is 1. The third-order valence-corrected chi connectivity index (χ3v) is 5.54. The highest BCUT2D eigenvalue weighted by Gasteiger charge is 2.67. The van der Waals surface area contributed by atoms with Gasteiger partial charge in [0.2, 0.25) is 0 Å². The molecule has 38 heavy (non-hydrogen) atoms. The van der Waals surface area contributed by atoms with Crippen molar-refractivity contribution >= 4 is 22.7 Å². The van der Waals surface area contributed by atoms with Gasteiger partial charge in [0.15, 0.2) is 11.1 Å². The van der Waals surface area contributed by atoms with Crippen LogP contribution < -0.4 is 20.4 Å². The molecule has 0 amide bonds. The third kappa shape index (κ3) is 3.57. The molecule has 0 radical (unpaired) electrons. The molecule has 1 aromatic rings. The first-order chi connectivity index (χ1) is 17.3. The Kier molecular flexibility index (Phi) is 6.09. The van der Waals surface area contributed by atoms with E-state index in [-0.39, 0.29) is 9.80 Å². The monoisotopic (exact) mass is 550 g/mol. The molecule has 18 heteroatoms. The number of nitrogens with one attached hydrogen (secondary N) is 2. The van der Waals surface area contributed by atoms with Crippen LogP contribution in [0.1, 0.15) is 11.1 Å². The van der Waals surface area contributed by atoms with Crippen LogP contribution in [-0.4, -0.2) is 26.4 Å². The molecule has 1 aromatic carbocycles. The Bertz CT molecular complexity index is 1330. The van der Waals surface area contributed by atoms with Crippen LogP contribution in [0.15, 0.2) is 22.8 Å². The molecule has 3 rings (SSSR count). The van der Waals surface area contributed by atoms with E-state index in [0.717, 1.165) is 0 Å². The third-order valence-electron chi connectivity index (χ3n) is 5.54. The second-order valence-electron chi connectivity index (χ2n) is 7.60. The molecule has 0 saturated carbocycles. The molecule has 0 fully saturated rings. The summed E-state index contributed by atoms with van der Waals surface area (Å²) in [4.78, 5) is 0.447. The number of allylic oxidation sites excluding steroid dienone is 2. The van der Waals surface area contributed by atoms with Gasteiger partial charge < -0.3 is 20.4 Å². The van der Waals surface area contributed by atoms with Gasteiger partial charge in [0.25, 0.3) is 0 Å². The van der Waals surface area contributed by atoms with Crippen LogP contribution in [0.3, 0.4) is 0 Å². The van der Waals surface area contributed by atoms with Gasteiger partial charge in [-0.15, -0.1) is 0 Å². The second-order valence-corrected chi connectivity index (χ2v) is 7.60. The summed E-state index contributed by atoms with van der Waals surface area (Å²) in [6.07, 6.45) is -12.9. The lowest BCUT2D eigenvalue weighted by atomic mass is 9.92. The summed E-state index contributed by atoms with van der Waals surface area (Å²) >= 11 is 0. The molecular formula is C20H8F10N8. The molecule has 8 nitrogen and oxygen atoms in total. The van der Waals surface area contributed by atoms with Crippen molar-refractivity contribution in [2.24, 2.45) is 0 Å². The standard InChI is InChI=1S/C20H8F10N8/c1-37-13-9(17(21,22)19(25,26)27)12-14(38(2)16(36-12)8(5-33)6-34)10(18(23,24)20(28,29)30)11(13)35-15(37)7(3-31)4-32/h35-36H,1-2H3. The number of fused-ring (bicyclic) bond motifs is 2. The molecule has 2 heterocycles. The van der Waals surface area contributed by atoms with E-state index in [1.807, 2.05) is 0 Å². The van der Waals surface area contributed by atoms with Gasteiger partial charge in [-0.1, -0.05) is 0 Å². The summed E-state index contributed by atoms with van der Waals surface area (Å²) < 4.78 is 141. The maximum atomic E-state index is 15.0. The van der Waals surface area contributed by atoms with Crippen LogP contribution in [-0.2, 0) is 11.8 Å². The zero-order valence-electron chi connectivity index (χ0n) is 18.5. The summed E-state index contributed by atoms with van der Waals surface area (Å²) in [5, 5.41) is 40.1. The number of hydrogen-bond acceptors (Lipinski definition) is 8. The summed E-state index contributed by atoms with van der Waals surface area (Å²) in [5.74, 6) is -13.8. The van der Waals surface area contributed by atoms with Crippen molar-refractivity contribution in [1.82, 2.24) is 0 Å². The number of alkyl halides is 10. The smallest absolute Gasteiger partial charge is 0.338 e. The van der Waals surface area contributed by atoms with Crippen LogP contribution in [0.25, 0.3) is 0 Å². The zero-order valence-corrected chi connectivity index (χ0v) is 18.5. The fourth-order valence-corrected chi connectivity index (χ4v) is 3.88. The van der Waals surface area contributed by atoms with Crippen molar-refractivity contribution < 1.29 is 43.9 Å². The van der Waals surface area contributed by atoms with E-state index in [1.165, 1.54) is 24.3 Å². The van der Waals surface area contributed by atoms with E-state index in [0.29, 0.717) is 14.1 Å².